The Bertz CT molecular complexity index is 614. The second kappa shape index (κ2) is 10.2. The maximum atomic E-state index is 12.4. The van der Waals surface area contributed by atoms with E-state index in [0.29, 0.717) is 24.0 Å². The van der Waals surface area contributed by atoms with Gasteiger partial charge in [0, 0.05) is 20.3 Å². The Labute approximate surface area is 155 Å². The van der Waals surface area contributed by atoms with Crippen molar-refractivity contribution >= 4 is 29.3 Å². The molecule has 136 valence electrons. The van der Waals surface area contributed by atoms with E-state index in [1.165, 1.54) is 12.8 Å². The van der Waals surface area contributed by atoms with Gasteiger partial charge in [-0.1, -0.05) is 31.9 Å². The zero-order valence-corrected chi connectivity index (χ0v) is 15.7. The Morgan fingerprint density at radius 1 is 1.16 bits per heavy atom. The smallest absolute Gasteiger partial charge is 0.276 e. The Balaban J connectivity index is 1.93. The summed E-state index contributed by atoms with van der Waals surface area (Å²) in [5.74, 6) is 0.752. The van der Waals surface area contributed by atoms with Gasteiger partial charge in [0.05, 0.1) is 6.61 Å². The van der Waals surface area contributed by atoms with Crippen LogP contribution >= 0.6 is 12.2 Å². The van der Waals surface area contributed by atoms with Crippen LogP contribution in [0.3, 0.4) is 0 Å². The molecule has 1 aliphatic rings. The number of hydrogen-bond donors (Lipinski definition) is 1. The van der Waals surface area contributed by atoms with E-state index >= 15 is 0 Å². The summed E-state index contributed by atoms with van der Waals surface area (Å²) in [4.78, 5) is 14.0. The number of carbonyl (C=O) groups is 1. The van der Waals surface area contributed by atoms with E-state index in [1.54, 1.807) is 12.0 Å². The minimum Gasteiger partial charge on any atom is -0.494 e. The molecule has 1 aliphatic heterocycles. The summed E-state index contributed by atoms with van der Waals surface area (Å²) in [6, 6.07) is 7.72. The van der Waals surface area contributed by atoms with Crippen LogP contribution in [0.15, 0.2) is 30.0 Å². The standard InChI is InChI=1S/C19H26N2O3S/c1-3-4-5-13-24-16-9-7-15(8-10-16)14-17-18(22)21(19(25)20-17)11-6-12-23-2/h7-10,14H,3-6,11-13H2,1-2H3,(H,20,25)/b17-14+. The van der Waals surface area contributed by atoms with Crippen molar-refractivity contribution in [1.29, 1.82) is 0 Å². The number of ether oxygens (including phenoxy) is 2. The van der Waals surface area contributed by atoms with Gasteiger partial charge in [-0.05, 0) is 48.8 Å². The number of methoxy groups -OCH3 is 1. The van der Waals surface area contributed by atoms with Crippen LogP contribution in [-0.2, 0) is 9.53 Å². The minimum absolute atomic E-state index is 0.0963. The fourth-order valence-corrected chi connectivity index (χ4v) is 2.79. The third kappa shape index (κ3) is 5.83. The molecule has 0 unspecified atom stereocenters. The second-order valence-electron chi connectivity index (χ2n) is 5.92. The van der Waals surface area contributed by atoms with Crippen molar-refractivity contribution in [2.24, 2.45) is 0 Å². The van der Waals surface area contributed by atoms with Gasteiger partial charge in [-0.25, -0.2) is 0 Å². The number of hydrogen-bond acceptors (Lipinski definition) is 4. The van der Waals surface area contributed by atoms with E-state index in [0.717, 1.165) is 30.8 Å². The molecule has 1 aromatic carbocycles. The third-order valence-electron chi connectivity index (χ3n) is 3.90. The van der Waals surface area contributed by atoms with Crippen molar-refractivity contribution in [3.05, 3.63) is 35.5 Å². The molecule has 1 N–H and O–H groups in total. The number of unbranched alkanes of at least 4 members (excludes halogenated alkanes) is 2. The SMILES string of the molecule is CCCCCOc1ccc(/C=C2/NC(=S)N(CCCOC)C2=O)cc1. The highest BCUT2D eigenvalue weighted by atomic mass is 32.1. The zero-order valence-electron chi connectivity index (χ0n) is 14.9. The molecule has 0 spiro atoms. The molecule has 0 radical (unpaired) electrons. The highest BCUT2D eigenvalue weighted by molar-refractivity contribution is 7.80. The first-order valence-corrected chi connectivity index (χ1v) is 9.13. The number of rotatable bonds is 10. The van der Waals surface area contributed by atoms with E-state index in [2.05, 4.69) is 12.2 Å². The van der Waals surface area contributed by atoms with Gasteiger partial charge in [0.1, 0.15) is 11.4 Å². The van der Waals surface area contributed by atoms with Gasteiger partial charge in [0.2, 0.25) is 0 Å². The summed E-state index contributed by atoms with van der Waals surface area (Å²) in [6.45, 7) is 4.07. The van der Waals surface area contributed by atoms with Crippen LogP contribution in [0.2, 0.25) is 0 Å². The Morgan fingerprint density at radius 2 is 1.92 bits per heavy atom. The maximum Gasteiger partial charge on any atom is 0.276 e. The van der Waals surface area contributed by atoms with Crippen LogP contribution < -0.4 is 10.1 Å². The van der Waals surface area contributed by atoms with Gasteiger partial charge in [-0.15, -0.1) is 0 Å². The highest BCUT2D eigenvalue weighted by Crippen LogP contribution is 2.18. The van der Waals surface area contributed by atoms with E-state index in [1.807, 2.05) is 30.3 Å². The quantitative estimate of drug-likeness (QED) is 0.393. The molecule has 0 atom stereocenters. The molecule has 1 aromatic rings. The van der Waals surface area contributed by atoms with Crippen LogP contribution in [-0.4, -0.2) is 42.8 Å². The monoisotopic (exact) mass is 362 g/mol. The molecule has 25 heavy (non-hydrogen) atoms. The lowest BCUT2D eigenvalue weighted by Gasteiger charge is -2.12. The molecular formula is C19H26N2O3S. The molecular weight excluding hydrogens is 336 g/mol. The molecule has 0 aromatic heterocycles. The second-order valence-corrected chi connectivity index (χ2v) is 6.30. The molecule has 1 fully saturated rings. The predicted molar refractivity (Wildman–Crippen MR) is 103 cm³/mol. The number of amides is 1. The summed E-state index contributed by atoms with van der Waals surface area (Å²) >= 11 is 5.24. The molecule has 0 bridgehead atoms. The molecule has 0 aliphatic carbocycles. The van der Waals surface area contributed by atoms with Gasteiger partial charge in [0.25, 0.3) is 5.91 Å². The van der Waals surface area contributed by atoms with E-state index in [-0.39, 0.29) is 5.91 Å². The lowest BCUT2D eigenvalue weighted by molar-refractivity contribution is -0.122. The van der Waals surface area contributed by atoms with Crippen LogP contribution in [0.5, 0.6) is 5.75 Å². The van der Waals surface area contributed by atoms with Gasteiger partial charge in [0.15, 0.2) is 5.11 Å². The number of thiocarbonyl (C=S) groups is 1. The van der Waals surface area contributed by atoms with Crippen LogP contribution in [0.4, 0.5) is 0 Å². The van der Waals surface area contributed by atoms with Crippen molar-refractivity contribution in [2.45, 2.75) is 32.6 Å². The van der Waals surface area contributed by atoms with Gasteiger partial charge in [-0.2, -0.15) is 0 Å². The van der Waals surface area contributed by atoms with Crippen LogP contribution in [0.1, 0.15) is 38.2 Å². The van der Waals surface area contributed by atoms with Crippen molar-refractivity contribution in [2.75, 3.05) is 26.9 Å². The summed E-state index contributed by atoms with van der Waals surface area (Å²) in [5, 5.41) is 3.44. The Morgan fingerprint density at radius 3 is 2.60 bits per heavy atom. The first-order chi connectivity index (χ1) is 12.2. The molecule has 1 heterocycles. The molecule has 1 saturated heterocycles. The van der Waals surface area contributed by atoms with E-state index in [9.17, 15) is 4.79 Å². The van der Waals surface area contributed by atoms with Crippen LogP contribution in [0, 0.1) is 0 Å². The van der Waals surface area contributed by atoms with Gasteiger partial charge >= 0.3 is 0 Å². The summed E-state index contributed by atoms with van der Waals surface area (Å²) in [5.41, 5.74) is 1.43. The van der Waals surface area contributed by atoms with Crippen molar-refractivity contribution in [3.63, 3.8) is 0 Å². The fraction of sp³-hybridized carbons (Fsp3) is 0.474. The Kier molecular flexibility index (Phi) is 7.88. The summed E-state index contributed by atoms with van der Waals surface area (Å²) in [7, 11) is 1.64. The zero-order chi connectivity index (χ0) is 18.1. The fourth-order valence-electron chi connectivity index (χ4n) is 2.51. The number of carbonyl (C=O) groups excluding carboxylic acids is 1. The molecule has 1 amide bonds. The number of nitrogens with zero attached hydrogens (tertiary/aromatic N) is 1. The number of benzene rings is 1. The van der Waals surface area contributed by atoms with E-state index in [4.69, 9.17) is 21.7 Å². The summed E-state index contributed by atoms with van der Waals surface area (Å²) < 4.78 is 10.7. The van der Waals surface area contributed by atoms with Crippen molar-refractivity contribution in [1.82, 2.24) is 10.2 Å². The third-order valence-corrected chi connectivity index (χ3v) is 4.22. The topological polar surface area (TPSA) is 50.8 Å². The molecule has 6 heteroatoms. The van der Waals surface area contributed by atoms with E-state index < -0.39 is 0 Å². The van der Waals surface area contributed by atoms with Crippen molar-refractivity contribution in [3.8, 4) is 5.75 Å². The van der Waals surface area contributed by atoms with Gasteiger partial charge in [-0.3, -0.25) is 9.69 Å². The normalized spacial score (nSPS) is 15.8. The largest absolute Gasteiger partial charge is 0.494 e. The first kappa shape index (κ1) is 19.4. The lowest BCUT2D eigenvalue weighted by atomic mass is 10.2. The average Bonchev–Trinajstić information content (AvgIpc) is 2.88. The molecule has 5 nitrogen and oxygen atoms in total. The Hall–Kier alpha value is -1.92. The summed E-state index contributed by atoms with van der Waals surface area (Å²) in [6.07, 6.45) is 5.99. The highest BCUT2D eigenvalue weighted by Gasteiger charge is 2.29. The maximum absolute atomic E-state index is 12.4. The number of nitrogens with one attached hydrogen (secondary N) is 1. The predicted octanol–water partition coefficient (Wildman–Crippen LogP) is 3.35. The first-order valence-electron chi connectivity index (χ1n) is 8.72. The van der Waals surface area contributed by atoms with Crippen LogP contribution in [0.25, 0.3) is 6.08 Å². The molecule has 2 rings (SSSR count). The van der Waals surface area contributed by atoms with Gasteiger partial charge < -0.3 is 14.8 Å². The lowest BCUT2D eigenvalue weighted by Crippen LogP contribution is -2.32. The minimum atomic E-state index is -0.0963. The molecule has 0 saturated carbocycles. The van der Waals surface area contributed by atoms with Crippen molar-refractivity contribution < 1.29 is 14.3 Å². The average molecular weight is 362 g/mol.